The average Bonchev–Trinajstić information content (AvgIpc) is 2.49. The zero-order valence-corrected chi connectivity index (χ0v) is 11.4. The maximum Gasteiger partial charge on any atom is 0.311 e. The van der Waals surface area contributed by atoms with Crippen molar-refractivity contribution in [2.24, 2.45) is 5.41 Å². The molecule has 0 aromatic carbocycles. The van der Waals surface area contributed by atoms with E-state index in [1.54, 1.807) is 6.07 Å². The molecule has 104 valence electrons. The first-order chi connectivity index (χ1) is 8.89. The van der Waals surface area contributed by atoms with Crippen LogP contribution in [0.25, 0.3) is 0 Å². The van der Waals surface area contributed by atoms with Crippen molar-refractivity contribution in [3.8, 4) is 0 Å². The Hall–Kier alpha value is -1.85. The number of anilines is 2. The molecule has 0 bridgehead atoms. The fourth-order valence-corrected chi connectivity index (χ4v) is 2.44. The molecule has 1 fully saturated rings. The van der Waals surface area contributed by atoms with Gasteiger partial charge in [0, 0.05) is 19.2 Å². The van der Waals surface area contributed by atoms with E-state index >= 15 is 0 Å². The molecule has 6 heteroatoms. The Morgan fingerprint density at radius 1 is 1.37 bits per heavy atom. The summed E-state index contributed by atoms with van der Waals surface area (Å²) >= 11 is 0. The molecule has 2 N–H and O–H groups in total. The lowest BCUT2D eigenvalue weighted by Crippen LogP contribution is -2.26. The van der Waals surface area contributed by atoms with Gasteiger partial charge in [0.15, 0.2) is 0 Å². The van der Waals surface area contributed by atoms with E-state index in [0.29, 0.717) is 5.41 Å². The largest absolute Gasteiger partial charge is 0.378 e. The molecule has 1 aromatic rings. The second-order valence-electron chi connectivity index (χ2n) is 5.84. The molecule has 0 spiro atoms. The van der Waals surface area contributed by atoms with Crippen LogP contribution in [-0.2, 0) is 0 Å². The van der Waals surface area contributed by atoms with Crippen molar-refractivity contribution in [2.45, 2.75) is 33.1 Å². The fourth-order valence-electron chi connectivity index (χ4n) is 2.44. The van der Waals surface area contributed by atoms with Gasteiger partial charge in [-0.2, -0.15) is 0 Å². The molecule has 1 aliphatic rings. The summed E-state index contributed by atoms with van der Waals surface area (Å²) in [6.07, 6.45) is 3.38. The zero-order valence-electron chi connectivity index (χ0n) is 11.4. The standard InChI is InChI=1S/C13H20N4O2/c1-13(2)6-3-8-16(9-7-13)11-5-4-10(17(18)19)12(14)15-11/h4-5H,3,6-9H2,1-2H3,(H2,14,15). The zero-order chi connectivity index (χ0) is 14.0. The maximum absolute atomic E-state index is 10.7. The van der Waals surface area contributed by atoms with E-state index in [2.05, 4.69) is 23.7 Å². The van der Waals surface area contributed by atoms with Crippen LogP contribution >= 0.6 is 0 Å². The summed E-state index contributed by atoms with van der Waals surface area (Å²) in [5, 5.41) is 10.7. The monoisotopic (exact) mass is 264 g/mol. The first-order valence-corrected chi connectivity index (χ1v) is 6.55. The number of pyridine rings is 1. The van der Waals surface area contributed by atoms with Crippen LogP contribution in [0.15, 0.2) is 12.1 Å². The molecule has 6 nitrogen and oxygen atoms in total. The van der Waals surface area contributed by atoms with Gasteiger partial charge in [-0.05, 0) is 30.7 Å². The summed E-state index contributed by atoms with van der Waals surface area (Å²) in [5.74, 6) is 0.729. The Morgan fingerprint density at radius 3 is 2.74 bits per heavy atom. The minimum absolute atomic E-state index is 0.00833. The molecule has 0 saturated carbocycles. The van der Waals surface area contributed by atoms with Crippen LogP contribution in [0.4, 0.5) is 17.3 Å². The maximum atomic E-state index is 10.7. The second kappa shape index (κ2) is 5.03. The smallest absolute Gasteiger partial charge is 0.311 e. The van der Waals surface area contributed by atoms with Gasteiger partial charge in [0.1, 0.15) is 5.82 Å². The molecule has 0 amide bonds. The Bertz CT molecular complexity index is 488. The highest BCUT2D eigenvalue weighted by Crippen LogP contribution is 2.32. The van der Waals surface area contributed by atoms with E-state index in [0.717, 1.165) is 31.7 Å². The average molecular weight is 264 g/mol. The molecule has 0 unspecified atom stereocenters. The molecular weight excluding hydrogens is 244 g/mol. The minimum atomic E-state index is -0.502. The summed E-state index contributed by atoms with van der Waals surface area (Å²) in [6.45, 7) is 6.38. The van der Waals surface area contributed by atoms with Crippen LogP contribution in [0.5, 0.6) is 0 Å². The number of nitrogens with zero attached hydrogens (tertiary/aromatic N) is 3. The number of hydrogen-bond donors (Lipinski definition) is 1. The van der Waals surface area contributed by atoms with Crippen molar-refractivity contribution in [3.63, 3.8) is 0 Å². The van der Waals surface area contributed by atoms with Gasteiger partial charge in [-0.3, -0.25) is 10.1 Å². The first-order valence-electron chi connectivity index (χ1n) is 6.55. The lowest BCUT2D eigenvalue weighted by Gasteiger charge is -2.24. The van der Waals surface area contributed by atoms with Crippen LogP contribution in [0.3, 0.4) is 0 Å². The van der Waals surface area contributed by atoms with E-state index in [1.807, 2.05) is 0 Å². The number of hydrogen-bond acceptors (Lipinski definition) is 5. The van der Waals surface area contributed by atoms with Crippen LogP contribution in [0, 0.1) is 15.5 Å². The van der Waals surface area contributed by atoms with Crippen LogP contribution in [0.1, 0.15) is 33.1 Å². The molecule has 2 rings (SSSR count). The third-order valence-corrected chi connectivity index (χ3v) is 3.75. The van der Waals surface area contributed by atoms with Crippen molar-refractivity contribution >= 4 is 17.3 Å². The molecule has 1 aromatic heterocycles. The predicted octanol–water partition coefficient (Wildman–Crippen LogP) is 2.59. The third kappa shape index (κ3) is 3.13. The van der Waals surface area contributed by atoms with E-state index in [1.165, 1.54) is 12.5 Å². The number of aromatic nitrogens is 1. The number of nitrogen functional groups attached to an aromatic ring is 1. The van der Waals surface area contributed by atoms with E-state index in [-0.39, 0.29) is 11.5 Å². The lowest BCUT2D eigenvalue weighted by molar-refractivity contribution is -0.384. The Balaban J connectivity index is 2.18. The molecule has 0 radical (unpaired) electrons. The van der Waals surface area contributed by atoms with Gasteiger partial charge in [0.05, 0.1) is 4.92 Å². The van der Waals surface area contributed by atoms with Gasteiger partial charge in [0.25, 0.3) is 0 Å². The van der Waals surface area contributed by atoms with Crippen molar-refractivity contribution in [3.05, 3.63) is 22.2 Å². The Labute approximate surface area is 112 Å². The number of nitro groups is 1. The molecule has 0 atom stereocenters. The van der Waals surface area contributed by atoms with E-state index in [9.17, 15) is 10.1 Å². The van der Waals surface area contributed by atoms with E-state index < -0.39 is 4.92 Å². The topological polar surface area (TPSA) is 85.3 Å². The van der Waals surface area contributed by atoms with Crippen molar-refractivity contribution in [1.82, 2.24) is 4.98 Å². The third-order valence-electron chi connectivity index (χ3n) is 3.75. The predicted molar refractivity (Wildman–Crippen MR) is 75.1 cm³/mol. The fraction of sp³-hybridized carbons (Fsp3) is 0.615. The van der Waals surface area contributed by atoms with Crippen molar-refractivity contribution in [1.29, 1.82) is 0 Å². The van der Waals surface area contributed by atoms with Crippen molar-refractivity contribution < 1.29 is 4.92 Å². The second-order valence-corrected chi connectivity index (χ2v) is 5.84. The molecule has 1 saturated heterocycles. The molecule has 2 heterocycles. The molecule has 1 aliphatic heterocycles. The van der Waals surface area contributed by atoms with Gasteiger partial charge < -0.3 is 10.6 Å². The highest BCUT2D eigenvalue weighted by Gasteiger charge is 2.24. The Kier molecular flexibility index (Phi) is 3.59. The lowest BCUT2D eigenvalue weighted by atomic mass is 9.85. The number of rotatable bonds is 2. The molecule has 0 aliphatic carbocycles. The van der Waals surface area contributed by atoms with Gasteiger partial charge >= 0.3 is 5.69 Å². The van der Waals surface area contributed by atoms with Crippen molar-refractivity contribution in [2.75, 3.05) is 23.7 Å². The minimum Gasteiger partial charge on any atom is -0.378 e. The van der Waals surface area contributed by atoms with Crippen LogP contribution in [0.2, 0.25) is 0 Å². The summed E-state index contributed by atoms with van der Waals surface area (Å²) in [6, 6.07) is 3.13. The number of nitrogens with two attached hydrogens (primary N) is 1. The Morgan fingerprint density at radius 2 is 2.11 bits per heavy atom. The normalized spacial score (nSPS) is 18.9. The summed E-state index contributed by atoms with van der Waals surface area (Å²) < 4.78 is 0. The summed E-state index contributed by atoms with van der Waals surface area (Å²) in [5.41, 5.74) is 5.86. The highest BCUT2D eigenvalue weighted by atomic mass is 16.6. The van der Waals surface area contributed by atoms with E-state index in [4.69, 9.17) is 5.73 Å². The van der Waals surface area contributed by atoms with Gasteiger partial charge in [-0.1, -0.05) is 13.8 Å². The SMILES string of the molecule is CC1(C)CCCN(c2ccc([N+](=O)[O-])c(N)n2)CC1. The van der Waals surface area contributed by atoms with Gasteiger partial charge in [0.2, 0.25) is 5.82 Å². The summed E-state index contributed by atoms with van der Waals surface area (Å²) in [4.78, 5) is 16.6. The van der Waals surface area contributed by atoms with Crippen LogP contribution < -0.4 is 10.6 Å². The van der Waals surface area contributed by atoms with Crippen LogP contribution in [-0.4, -0.2) is 23.0 Å². The summed E-state index contributed by atoms with van der Waals surface area (Å²) in [7, 11) is 0. The van der Waals surface area contributed by atoms with Gasteiger partial charge in [-0.15, -0.1) is 0 Å². The highest BCUT2D eigenvalue weighted by molar-refractivity contribution is 5.58. The molecular formula is C13H20N4O2. The van der Waals surface area contributed by atoms with Gasteiger partial charge in [-0.25, -0.2) is 4.98 Å². The molecule has 19 heavy (non-hydrogen) atoms. The first kappa shape index (κ1) is 13.6. The quantitative estimate of drug-likeness (QED) is 0.655.